The van der Waals surface area contributed by atoms with Gasteiger partial charge in [0.1, 0.15) is 6.23 Å². The maximum absolute atomic E-state index is 11.9. The number of nitrogens with one attached hydrogen (secondary N) is 1. The Labute approximate surface area is 101 Å². The number of rotatable bonds is 1. The first-order valence-corrected chi connectivity index (χ1v) is 5.87. The first kappa shape index (κ1) is 12.1. The van der Waals surface area contributed by atoms with Gasteiger partial charge in [0, 0.05) is 29.5 Å². The van der Waals surface area contributed by atoms with Crippen molar-refractivity contribution >= 4 is 11.7 Å². The van der Waals surface area contributed by atoms with E-state index in [-0.39, 0.29) is 17.2 Å². The van der Waals surface area contributed by atoms with Gasteiger partial charge < -0.3 is 5.11 Å². The number of anilines is 1. The van der Waals surface area contributed by atoms with Crippen molar-refractivity contribution in [2.24, 2.45) is 5.92 Å². The number of hydrogen-bond donors (Lipinski definition) is 2. The molecule has 1 aromatic heterocycles. The number of aromatic nitrogens is 2. The monoisotopic (exact) mass is 237 g/mol. The molecule has 1 aliphatic heterocycles. The van der Waals surface area contributed by atoms with E-state index >= 15 is 0 Å². The summed E-state index contributed by atoms with van der Waals surface area (Å²) < 4.78 is 0. The van der Waals surface area contributed by atoms with Crippen LogP contribution in [0.1, 0.15) is 39.8 Å². The summed E-state index contributed by atoms with van der Waals surface area (Å²) in [5, 5.41) is 16.9. The average molecular weight is 237 g/mol. The van der Waals surface area contributed by atoms with E-state index in [2.05, 4.69) is 31.0 Å². The fourth-order valence-corrected chi connectivity index (χ4v) is 1.99. The van der Waals surface area contributed by atoms with Crippen LogP contribution in [0.15, 0.2) is 6.07 Å². The van der Waals surface area contributed by atoms with Gasteiger partial charge in [-0.15, -0.1) is 0 Å². The van der Waals surface area contributed by atoms with Gasteiger partial charge in [0.25, 0.3) is 0 Å². The summed E-state index contributed by atoms with van der Waals surface area (Å²) in [5.74, 6) is 0.307. The Kier molecular flexibility index (Phi) is 2.73. The van der Waals surface area contributed by atoms with Crippen molar-refractivity contribution in [1.82, 2.24) is 10.2 Å². The highest BCUT2D eigenvalue weighted by atomic mass is 16.3. The molecule has 5 heteroatoms. The van der Waals surface area contributed by atoms with Gasteiger partial charge in [-0.05, 0) is 0 Å². The van der Waals surface area contributed by atoms with Crippen LogP contribution in [-0.4, -0.2) is 27.4 Å². The minimum absolute atomic E-state index is 0.0510. The van der Waals surface area contributed by atoms with Gasteiger partial charge in [-0.1, -0.05) is 27.7 Å². The predicted molar refractivity (Wildman–Crippen MR) is 64.6 cm³/mol. The van der Waals surface area contributed by atoms with Crippen LogP contribution in [0.5, 0.6) is 0 Å². The lowest BCUT2D eigenvalue weighted by atomic mass is 9.92. The van der Waals surface area contributed by atoms with Gasteiger partial charge in [0.15, 0.2) is 5.82 Å². The molecule has 1 saturated heterocycles. The smallest absolute Gasteiger partial charge is 0.233 e. The number of H-pyrrole nitrogens is 1. The van der Waals surface area contributed by atoms with E-state index in [1.54, 1.807) is 0 Å². The quantitative estimate of drug-likeness (QED) is 0.775. The molecule has 1 aliphatic rings. The Morgan fingerprint density at radius 1 is 1.53 bits per heavy atom. The minimum Gasteiger partial charge on any atom is -0.373 e. The third-order valence-electron chi connectivity index (χ3n) is 3.14. The molecule has 2 unspecified atom stereocenters. The average Bonchev–Trinajstić information content (AvgIpc) is 2.73. The molecular formula is C12H19N3O2. The number of carbonyl (C=O) groups excluding carboxylic acids is 1. The van der Waals surface area contributed by atoms with Crippen molar-refractivity contribution < 1.29 is 9.90 Å². The van der Waals surface area contributed by atoms with Crippen LogP contribution in [-0.2, 0) is 10.2 Å². The Bertz CT molecular complexity index is 433. The highest BCUT2D eigenvalue weighted by Crippen LogP contribution is 2.30. The standard InChI is InChI=1S/C12H19N3O2/c1-7-5-10(16)15(11(7)17)9-6-8(13-14-9)12(2,3)4/h6-7,10,16H,5H2,1-4H3,(H,13,14). The van der Waals surface area contributed by atoms with Crippen LogP contribution in [0.25, 0.3) is 0 Å². The first-order valence-electron chi connectivity index (χ1n) is 5.87. The Balaban J connectivity index is 2.29. The Morgan fingerprint density at radius 3 is 2.59 bits per heavy atom. The van der Waals surface area contributed by atoms with Crippen molar-refractivity contribution in [3.63, 3.8) is 0 Å². The van der Waals surface area contributed by atoms with Gasteiger partial charge >= 0.3 is 0 Å². The molecule has 2 N–H and O–H groups in total. The van der Waals surface area contributed by atoms with Crippen molar-refractivity contribution in [1.29, 1.82) is 0 Å². The zero-order chi connectivity index (χ0) is 12.8. The lowest BCUT2D eigenvalue weighted by Crippen LogP contribution is -2.33. The highest BCUT2D eigenvalue weighted by molar-refractivity contribution is 5.96. The summed E-state index contributed by atoms with van der Waals surface area (Å²) >= 11 is 0. The third-order valence-corrected chi connectivity index (χ3v) is 3.14. The normalized spacial score (nSPS) is 25.7. The molecule has 1 fully saturated rings. The van der Waals surface area contributed by atoms with Gasteiger partial charge in [0.05, 0.1) is 0 Å². The summed E-state index contributed by atoms with van der Waals surface area (Å²) in [6, 6.07) is 1.83. The predicted octanol–water partition coefficient (Wildman–Crippen LogP) is 1.40. The van der Waals surface area contributed by atoms with Crippen molar-refractivity contribution in [2.75, 3.05) is 4.90 Å². The van der Waals surface area contributed by atoms with E-state index in [9.17, 15) is 9.90 Å². The Morgan fingerprint density at radius 2 is 2.18 bits per heavy atom. The number of aliphatic hydroxyl groups is 1. The molecule has 2 atom stereocenters. The van der Waals surface area contributed by atoms with Gasteiger partial charge in [-0.2, -0.15) is 5.10 Å². The molecule has 5 nitrogen and oxygen atoms in total. The maximum Gasteiger partial charge on any atom is 0.233 e. The lowest BCUT2D eigenvalue weighted by molar-refractivity contribution is -0.120. The van der Waals surface area contributed by atoms with E-state index in [4.69, 9.17) is 0 Å². The van der Waals surface area contributed by atoms with Crippen molar-refractivity contribution in [3.05, 3.63) is 11.8 Å². The summed E-state index contributed by atoms with van der Waals surface area (Å²) in [6.07, 6.45) is -0.287. The van der Waals surface area contributed by atoms with Crippen LogP contribution in [0, 0.1) is 5.92 Å². The summed E-state index contributed by atoms with van der Waals surface area (Å²) in [7, 11) is 0. The number of aromatic amines is 1. The minimum atomic E-state index is -0.756. The number of carbonyl (C=O) groups is 1. The number of nitrogens with zero attached hydrogens (tertiary/aromatic N) is 2. The molecule has 0 aromatic carbocycles. The number of aliphatic hydroxyl groups excluding tert-OH is 1. The van der Waals surface area contributed by atoms with Crippen LogP contribution in [0.4, 0.5) is 5.82 Å². The SMILES string of the molecule is CC1CC(O)N(c2cc(C(C)(C)C)[nH]n2)C1=O. The fourth-order valence-electron chi connectivity index (χ4n) is 1.99. The summed E-state index contributed by atoms with van der Waals surface area (Å²) in [5.41, 5.74) is 0.900. The zero-order valence-electron chi connectivity index (χ0n) is 10.7. The second-order valence-corrected chi connectivity index (χ2v) is 5.72. The van der Waals surface area contributed by atoms with E-state index in [1.807, 2.05) is 13.0 Å². The molecule has 0 saturated carbocycles. The van der Waals surface area contributed by atoms with Crippen LogP contribution < -0.4 is 4.90 Å². The van der Waals surface area contributed by atoms with Gasteiger partial charge in [-0.3, -0.25) is 14.8 Å². The molecular weight excluding hydrogens is 218 g/mol. The summed E-state index contributed by atoms with van der Waals surface area (Å²) in [4.78, 5) is 13.3. The molecule has 0 spiro atoms. The van der Waals surface area contributed by atoms with E-state index in [1.165, 1.54) is 4.90 Å². The second-order valence-electron chi connectivity index (χ2n) is 5.72. The molecule has 0 bridgehead atoms. The van der Waals surface area contributed by atoms with E-state index in [0.29, 0.717) is 12.2 Å². The lowest BCUT2D eigenvalue weighted by Gasteiger charge is -2.18. The molecule has 17 heavy (non-hydrogen) atoms. The first-order chi connectivity index (χ1) is 7.80. The Hall–Kier alpha value is -1.36. The molecule has 0 aliphatic carbocycles. The maximum atomic E-state index is 11.9. The number of amides is 1. The van der Waals surface area contributed by atoms with E-state index < -0.39 is 6.23 Å². The molecule has 2 rings (SSSR count). The van der Waals surface area contributed by atoms with Crippen LogP contribution >= 0.6 is 0 Å². The molecule has 1 aromatic rings. The molecule has 1 amide bonds. The van der Waals surface area contributed by atoms with Gasteiger partial charge in [-0.25, -0.2) is 0 Å². The van der Waals surface area contributed by atoms with E-state index in [0.717, 1.165) is 5.69 Å². The van der Waals surface area contributed by atoms with Crippen LogP contribution in [0.3, 0.4) is 0 Å². The second kappa shape index (κ2) is 3.84. The van der Waals surface area contributed by atoms with Crippen LogP contribution in [0.2, 0.25) is 0 Å². The molecule has 0 radical (unpaired) electrons. The summed E-state index contributed by atoms with van der Waals surface area (Å²) in [6.45, 7) is 8.02. The third kappa shape index (κ3) is 2.07. The van der Waals surface area contributed by atoms with Crippen molar-refractivity contribution in [2.45, 2.75) is 45.8 Å². The zero-order valence-corrected chi connectivity index (χ0v) is 10.7. The van der Waals surface area contributed by atoms with Crippen molar-refractivity contribution in [3.8, 4) is 0 Å². The topological polar surface area (TPSA) is 69.2 Å². The fraction of sp³-hybridized carbons (Fsp3) is 0.667. The van der Waals surface area contributed by atoms with Gasteiger partial charge in [0.2, 0.25) is 5.91 Å². The number of hydrogen-bond acceptors (Lipinski definition) is 3. The largest absolute Gasteiger partial charge is 0.373 e. The highest BCUT2D eigenvalue weighted by Gasteiger charge is 2.38. The molecule has 94 valence electrons. The molecule has 2 heterocycles.